The normalized spacial score (nSPS) is 24.6. The van der Waals surface area contributed by atoms with Crippen LogP contribution in [-0.4, -0.2) is 10.1 Å². The molecule has 88 valence electrons. The van der Waals surface area contributed by atoms with Gasteiger partial charge in [-0.05, 0) is 23.8 Å². The summed E-state index contributed by atoms with van der Waals surface area (Å²) in [5, 5.41) is 10.9. The van der Waals surface area contributed by atoms with Crippen molar-refractivity contribution in [2.45, 2.75) is 18.4 Å². The molecule has 1 aliphatic carbocycles. The molecule has 1 aliphatic rings. The van der Waals surface area contributed by atoms with E-state index in [1.807, 2.05) is 18.2 Å². The van der Waals surface area contributed by atoms with Crippen molar-refractivity contribution in [3.63, 3.8) is 0 Å². The Bertz CT molecular complexity index is 513. The Morgan fingerprint density at radius 1 is 1.35 bits per heavy atom. The molecule has 0 saturated heterocycles. The van der Waals surface area contributed by atoms with E-state index < -0.39 is 6.10 Å². The monoisotopic (exact) mass is 265 g/mol. The van der Waals surface area contributed by atoms with Crippen LogP contribution in [0.2, 0.25) is 4.34 Å². The average Bonchev–Trinajstić information content (AvgIpc) is 3.05. The van der Waals surface area contributed by atoms with E-state index in [0.717, 1.165) is 11.4 Å². The van der Waals surface area contributed by atoms with Crippen LogP contribution in [-0.2, 0) is 0 Å². The van der Waals surface area contributed by atoms with Crippen molar-refractivity contribution < 1.29 is 5.11 Å². The number of hydrogen-bond acceptors (Lipinski definition) is 3. The van der Waals surface area contributed by atoms with E-state index in [-0.39, 0.29) is 0 Å². The summed E-state index contributed by atoms with van der Waals surface area (Å²) in [7, 11) is 0. The van der Waals surface area contributed by atoms with Crippen LogP contribution in [0.25, 0.3) is 0 Å². The first kappa shape index (κ1) is 11.2. The average molecular weight is 266 g/mol. The Morgan fingerprint density at radius 2 is 2.12 bits per heavy atom. The van der Waals surface area contributed by atoms with Gasteiger partial charge in [0.05, 0.1) is 6.20 Å². The minimum Gasteiger partial charge on any atom is -0.386 e. The smallest absolute Gasteiger partial charge is 0.123 e. The van der Waals surface area contributed by atoms with Gasteiger partial charge in [-0.15, -0.1) is 11.3 Å². The highest BCUT2D eigenvalue weighted by Gasteiger charge is 2.44. The van der Waals surface area contributed by atoms with Gasteiger partial charge < -0.3 is 5.11 Å². The molecular weight excluding hydrogens is 254 g/mol. The molecule has 0 radical (unpaired) electrons. The molecule has 4 heteroatoms. The van der Waals surface area contributed by atoms with Crippen LogP contribution in [0.3, 0.4) is 0 Å². The Morgan fingerprint density at radius 3 is 2.76 bits per heavy atom. The number of aliphatic hydroxyl groups excluding tert-OH is 1. The molecule has 3 atom stereocenters. The summed E-state index contributed by atoms with van der Waals surface area (Å²) >= 11 is 7.19. The maximum atomic E-state index is 10.2. The molecule has 1 heterocycles. The molecule has 1 saturated carbocycles. The summed E-state index contributed by atoms with van der Waals surface area (Å²) in [6.07, 6.45) is 2.16. The second kappa shape index (κ2) is 4.41. The molecule has 0 aliphatic heterocycles. The maximum absolute atomic E-state index is 10.2. The van der Waals surface area contributed by atoms with E-state index in [4.69, 9.17) is 11.6 Å². The van der Waals surface area contributed by atoms with Crippen molar-refractivity contribution in [2.24, 2.45) is 5.92 Å². The highest BCUT2D eigenvalue weighted by Crippen LogP contribution is 2.54. The highest BCUT2D eigenvalue weighted by molar-refractivity contribution is 7.15. The van der Waals surface area contributed by atoms with Gasteiger partial charge in [-0.1, -0.05) is 41.9 Å². The topological polar surface area (TPSA) is 33.1 Å². The summed E-state index contributed by atoms with van der Waals surface area (Å²) in [6.45, 7) is 0. The Labute approximate surface area is 109 Å². The van der Waals surface area contributed by atoms with Gasteiger partial charge in [0.25, 0.3) is 0 Å². The maximum Gasteiger partial charge on any atom is 0.123 e. The molecule has 2 aromatic rings. The fourth-order valence-electron chi connectivity index (χ4n) is 2.23. The first-order valence-corrected chi connectivity index (χ1v) is 6.79. The molecule has 0 amide bonds. The first-order chi connectivity index (χ1) is 8.25. The van der Waals surface area contributed by atoms with Crippen molar-refractivity contribution in [2.75, 3.05) is 0 Å². The number of rotatable bonds is 3. The number of nitrogens with zero attached hydrogens (tertiary/aromatic N) is 1. The summed E-state index contributed by atoms with van der Waals surface area (Å²) in [4.78, 5) is 4.14. The second-order valence-corrected chi connectivity index (χ2v) is 6.06. The lowest BCUT2D eigenvalue weighted by molar-refractivity contribution is 0.151. The van der Waals surface area contributed by atoms with Crippen molar-refractivity contribution >= 4 is 22.9 Å². The molecule has 3 rings (SSSR count). The number of aliphatic hydroxyl groups is 1. The first-order valence-electron chi connectivity index (χ1n) is 5.60. The van der Waals surface area contributed by atoms with E-state index in [9.17, 15) is 5.11 Å². The van der Waals surface area contributed by atoms with E-state index in [2.05, 4.69) is 17.1 Å². The van der Waals surface area contributed by atoms with Gasteiger partial charge in [0.1, 0.15) is 15.4 Å². The summed E-state index contributed by atoms with van der Waals surface area (Å²) < 4.78 is 0.635. The van der Waals surface area contributed by atoms with Gasteiger partial charge in [0.2, 0.25) is 0 Å². The van der Waals surface area contributed by atoms with Crippen LogP contribution in [0.5, 0.6) is 0 Å². The van der Waals surface area contributed by atoms with Gasteiger partial charge in [-0.25, -0.2) is 4.98 Å². The van der Waals surface area contributed by atoms with Crippen LogP contribution in [0.1, 0.15) is 29.0 Å². The van der Waals surface area contributed by atoms with E-state index >= 15 is 0 Å². The third-order valence-corrected chi connectivity index (χ3v) is 4.41. The number of benzene rings is 1. The summed E-state index contributed by atoms with van der Waals surface area (Å²) in [5.74, 6) is 0.758. The van der Waals surface area contributed by atoms with E-state index in [1.54, 1.807) is 6.20 Å². The second-order valence-electron chi connectivity index (χ2n) is 4.36. The zero-order valence-corrected chi connectivity index (χ0v) is 10.7. The lowest BCUT2D eigenvalue weighted by atomic mass is 10.1. The predicted octanol–water partition coefficient (Wildman–Crippen LogP) is 3.63. The van der Waals surface area contributed by atoms with Crippen LogP contribution >= 0.6 is 22.9 Å². The highest BCUT2D eigenvalue weighted by atomic mass is 35.5. The Hall–Kier alpha value is -0.900. The quantitative estimate of drug-likeness (QED) is 0.919. The molecule has 1 aromatic carbocycles. The van der Waals surface area contributed by atoms with Gasteiger partial charge in [0.15, 0.2) is 0 Å². The molecule has 2 nitrogen and oxygen atoms in total. The number of halogens is 1. The van der Waals surface area contributed by atoms with E-state index in [0.29, 0.717) is 16.2 Å². The fourth-order valence-corrected chi connectivity index (χ4v) is 3.23. The lowest BCUT2D eigenvalue weighted by Crippen LogP contribution is -2.00. The summed E-state index contributed by atoms with van der Waals surface area (Å²) in [6, 6.07) is 10.3. The SMILES string of the molecule is OC(c1ncc(Cl)s1)C1CC1c1ccccc1. The largest absolute Gasteiger partial charge is 0.386 e. The fraction of sp³-hybridized carbons (Fsp3) is 0.308. The lowest BCUT2D eigenvalue weighted by Gasteiger charge is -2.06. The molecule has 1 N–H and O–H groups in total. The van der Waals surface area contributed by atoms with Gasteiger partial charge in [0, 0.05) is 0 Å². The van der Waals surface area contributed by atoms with Gasteiger partial charge in [-0.2, -0.15) is 0 Å². The van der Waals surface area contributed by atoms with E-state index in [1.165, 1.54) is 16.9 Å². The minimum atomic E-state index is -0.474. The molecular formula is C13H12ClNOS. The molecule has 3 unspecified atom stereocenters. The van der Waals surface area contributed by atoms with Gasteiger partial charge >= 0.3 is 0 Å². The standard InChI is InChI=1S/C13H12ClNOS/c14-11-7-15-13(17-11)12(16)10-6-9(10)8-4-2-1-3-5-8/h1-5,7,9-10,12,16H,6H2. The minimum absolute atomic E-state index is 0.291. The molecule has 0 spiro atoms. The Balaban J connectivity index is 1.73. The third kappa shape index (κ3) is 2.23. The van der Waals surface area contributed by atoms with Crippen LogP contribution in [0, 0.1) is 5.92 Å². The number of hydrogen-bond donors (Lipinski definition) is 1. The molecule has 17 heavy (non-hydrogen) atoms. The van der Waals surface area contributed by atoms with Crippen molar-refractivity contribution in [1.29, 1.82) is 0 Å². The zero-order chi connectivity index (χ0) is 11.8. The van der Waals surface area contributed by atoms with Crippen molar-refractivity contribution in [1.82, 2.24) is 4.98 Å². The molecule has 1 aromatic heterocycles. The van der Waals surface area contributed by atoms with Crippen molar-refractivity contribution in [3.05, 3.63) is 51.4 Å². The molecule has 0 bridgehead atoms. The number of aromatic nitrogens is 1. The van der Waals surface area contributed by atoms with Crippen LogP contribution in [0.4, 0.5) is 0 Å². The summed E-state index contributed by atoms with van der Waals surface area (Å²) in [5.41, 5.74) is 1.30. The van der Waals surface area contributed by atoms with Crippen LogP contribution < -0.4 is 0 Å². The zero-order valence-electron chi connectivity index (χ0n) is 9.08. The predicted molar refractivity (Wildman–Crippen MR) is 69.4 cm³/mol. The number of thiazole rings is 1. The molecule has 1 fully saturated rings. The van der Waals surface area contributed by atoms with Gasteiger partial charge in [-0.3, -0.25) is 0 Å². The Kier molecular flexibility index (Phi) is 2.90. The van der Waals surface area contributed by atoms with Crippen LogP contribution in [0.15, 0.2) is 36.5 Å². The van der Waals surface area contributed by atoms with Crippen molar-refractivity contribution in [3.8, 4) is 0 Å². The third-order valence-electron chi connectivity index (χ3n) is 3.22.